The largest absolute Gasteiger partial charge is 0.462 e. The number of hydrogen-bond acceptors (Lipinski definition) is 5. The van der Waals surface area contributed by atoms with Gasteiger partial charge in [0.1, 0.15) is 5.54 Å². The van der Waals surface area contributed by atoms with Crippen LogP contribution in [0.4, 0.5) is 4.79 Å². The number of aromatic amines is 1. The zero-order chi connectivity index (χ0) is 21.2. The first kappa shape index (κ1) is 21.7. The third kappa shape index (κ3) is 4.10. The van der Waals surface area contributed by atoms with Gasteiger partial charge in [-0.2, -0.15) is 0 Å². The third-order valence-electron chi connectivity index (χ3n) is 5.06. The van der Waals surface area contributed by atoms with Gasteiger partial charge in [0.25, 0.3) is 5.91 Å². The minimum atomic E-state index is -1.00. The van der Waals surface area contributed by atoms with E-state index in [-0.39, 0.29) is 18.8 Å². The first-order chi connectivity index (χ1) is 13.0. The van der Waals surface area contributed by atoms with Crippen LogP contribution >= 0.6 is 0 Å². The number of H-pyrrole nitrogens is 1. The number of Topliss-reactive ketones (excluding diaryl/α,β-unsaturated/α-hetero) is 1. The number of ketones is 1. The van der Waals surface area contributed by atoms with Gasteiger partial charge in [-0.15, -0.1) is 0 Å². The average molecular weight is 391 g/mol. The van der Waals surface area contributed by atoms with Crippen LogP contribution in [0.25, 0.3) is 0 Å². The normalized spacial score (nSPS) is 19.3. The highest BCUT2D eigenvalue weighted by Crippen LogP contribution is 2.26. The van der Waals surface area contributed by atoms with E-state index < -0.39 is 29.2 Å². The van der Waals surface area contributed by atoms with E-state index in [2.05, 4.69) is 10.3 Å². The molecule has 8 nitrogen and oxygen atoms in total. The first-order valence-electron chi connectivity index (χ1n) is 9.55. The van der Waals surface area contributed by atoms with E-state index in [9.17, 15) is 19.2 Å². The van der Waals surface area contributed by atoms with E-state index in [1.54, 1.807) is 27.7 Å². The monoisotopic (exact) mass is 391 g/mol. The number of carbonyl (C=O) groups is 4. The Bertz CT molecular complexity index is 811. The molecule has 0 unspecified atom stereocenters. The summed E-state index contributed by atoms with van der Waals surface area (Å²) in [6, 6.07) is -0.573. The van der Waals surface area contributed by atoms with Crippen LogP contribution in [0.15, 0.2) is 0 Å². The maximum atomic E-state index is 12.8. The molecule has 0 radical (unpaired) electrons. The van der Waals surface area contributed by atoms with Gasteiger partial charge in [0.2, 0.25) is 0 Å². The Morgan fingerprint density at radius 2 is 1.86 bits per heavy atom. The molecule has 1 saturated heterocycles. The fourth-order valence-electron chi connectivity index (χ4n) is 3.40. The summed E-state index contributed by atoms with van der Waals surface area (Å²) in [5, 5.41) is 2.71. The predicted octanol–water partition coefficient (Wildman–Crippen LogP) is 2.74. The second-order valence-electron chi connectivity index (χ2n) is 7.85. The molecule has 1 fully saturated rings. The van der Waals surface area contributed by atoms with Crippen molar-refractivity contribution in [3.63, 3.8) is 0 Å². The number of rotatable bonds is 8. The van der Waals surface area contributed by atoms with Crippen LogP contribution in [0.1, 0.15) is 72.6 Å². The van der Waals surface area contributed by atoms with Gasteiger partial charge < -0.3 is 15.0 Å². The van der Waals surface area contributed by atoms with Gasteiger partial charge >= 0.3 is 12.0 Å². The van der Waals surface area contributed by atoms with Crippen molar-refractivity contribution in [3.8, 4) is 0 Å². The van der Waals surface area contributed by atoms with Gasteiger partial charge in [0.15, 0.2) is 5.78 Å². The molecule has 0 saturated carbocycles. The Hall–Kier alpha value is -2.64. The molecule has 1 aromatic heterocycles. The molecule has 8 heteroatoms. The number of carbonyl (C=O) groups excluding carboxylic acids is 4. The highest BCUT2D eigenvalue weighted by Gasteiger charge is 2.48. The lowest BCUT2D eigenvalue weighted by Gasteiger charge is -2.22. The highest BCUT2D eigenvalue weighted by molar-refractivity contribution is 6.11. The van der Waals surface area contributed by atoms with E-state index in [1.807, 2.05) is 13.8 Å². The molecule has 0 bridgehead atoms. The molecular formula is C20H29N3O5. The van der Waals surface area contributed by atoms with Crippen LogP contribution in [-0.2, 0) is 9.53 Å². The smallest absolute Gasteiger partial charge is 0.340 e. The number of nitrogens with zero attached hydrogens (tertiary/aromatic N) is 1. The topological polar surface area (TPSA) is 109 Å². The Morgan fingerprint density at radius 1 is 1.21 bits per heavy atom. The summed E-state index contributed by atoms with van der Waals surface area (Å²) in [4.78, 5) is 53.8. The van der Waals surface area contributed by atoms with Crippen molar-refractivity contribution >= 4 is 23.7 Å². The van der Waals surface area contributed by atoms with Crippen molar-refractivity contribution in [1.82, 2.24) is 15.2 Å². The number of aromatic nitrogens is 1. The average Bonchev–Trinajstić information content (AvgIpc) is 3.01. The van der Waals surface area contributed by atoms with Crippen molar-refractivity contribution in [2.24, 2.45) is 5.92 Å². The van der Waals surface area contributed by atoms with Gasteiger partial charge in [0.05, 0.1) is 24.4 Å². The minimum Gasteiger partial charge on any atom is -0.462 e. The molecule has 1 atom stereocenters. The molecule has 2 rings (SSSR count). The lowest BCUT2D eigenvalue weighted by molar-refractivity contribution is -0.130. The molecule has 3 amide bonds. The number of hydrogen-bond donors (Lipinski definition) is 2. The number of imide groups is 1. The van der Waals surface area contributed by atoms with Crippen molar-refractivity contribution in [2.75, 3.05) is 13.2 Å². The van der Waals surface area contributed by atoms with Crippen LogP contribution in [0, 0.1) is 19.8 Å². The predicted molar refractivity (Wildman–Crippen MR) is 103 cm³/mol. The van der Waals surface area contributed by atoms with Gasteiger partial charge in [-0.05, 0) is 52.0 Å². The quantitative estimate of drug-likeness (QED) is 0.402. The van der Waals surface area contributed by atoms with Gasteiger partial charge in [-0.25, -0.2) is 9.59 Å². The number of amides is 3. The highest BCUT2D eigenvalue weighted by atomic mass is 16.5. The first-order valence-corrected chi connectivity index (χ1v) is 9.55. The Kier molecular flexibility index (Phi) is 6.31. The van der Waals surface area contributed by atoms with Crippen LogP contribution in [-0.4, -0.2) is 52.3 Å². The van der Waals surface area contributed by atoms with Gasteiger partial charge in [-0.3, -0.25) is 14.5 Å². The zero-order valence-corrected chi connectivity index (χ0v) is 17.4. The Morgan fingerprint density at radius 3 is 2.43 bits per heavy atom. The van der Waals surface area contributed by atoms with Gasteiger partial charge in [-0.1, -0.05) is 13.8 Å². The number of ether oxygens (including phenoxy) is 1. The van der Waals surface area contributed by atoms with Crippen molar-refractivity contribution in [3.05, 3.63) is 22.5 Å². The molecule has 2 N–H and O–H groups in total. The molecular weight excluding hydrogens is 362 g/mol. The maximum Gasteiger partial charge on any atom is 0.340 e. The van der Waals surface area contributed by atoms with Crippen LogP contribution in [0.5, 0.6) is 0 Å². The van der Waals surface area contributed by atoms with Gasteiger partial charge in [0, 0.05) is 5.69 Å². The lowest BCUT2D eigenvalue weighted by atomic mass is 9.92. The Balaban J connectivity index is 2.19. The van der Waals surface area contributed by atoms with Crippen molar-refractivity contribution in [1.29, 1.82) is 0 Å². The molecule has 1 aromatic rings. The second-order valence-corrected chi connectivity index (χ2v) is 7.85. The number of esters is 1. The fourth-order valence-corrected chi connectivity index (χ4v) is 3.40. The Labute approximate surface area is 165 Å². The van der Waals surface area contributed by atoms with E-state index in [0.29, 0.717) is 29.2 Å². The summed E-state index contributed by atoms with van der Waals surface area (Å²) in [7, 11) is 0. The summed E-state index contributed by atoms with van der Waals surface area (Å²) in [5.41, 5.74) is 0.480. The van der Waals surface area contributed by atoms with Crippen LogP contribution < -0.4 is 5.32 Å². The number of urea groups is 1. The maximum absolute atomic E-state index is 12.8. The number of nitrogens with one attached hydrogen (secondary N) is 2. The van der Waals surface area contributed by atoms with E-state index >= 15 is 0 Å². The SMILES string of the molecule is CCOC(=O)c1c(C)[nH]c(C(=O)CN2C(=O)N[C@@](C)(CCC(C)C)C2=O)c1C. The molecule has 0 aromatic carbocycles. The summed E-state index contributed by atoms with van der Waals surface area (Å²) >= 11 is 0. The molecule has 2 heterocycles. The minimum absolute atomic E-state index is 0.205. The zero-order valence-electron chi connectivity index (χ0n) is 17.4. The summed E-state index contributed by atoms with van der Waals surface area (Å²) in [6.45, 7) is 10.6. The van der Waals surface area contributed by atoms with E-state index in [1.165, 1.54) is 0 Å². The van der Waals surface area contributed by atoms with E-state index in [0.717, 1.165) is 11.3 Å². The number of aryl methyl sites for hydroxylation is 1. The third-order valence-corrected chi connectivity index (χ3v) is 5.06. The second kappa shape index (κ2) is 8.16. The van der Waals surface area contributed by atoms with E-state index in [4.69, 9.17) is 4.74 Å². The standard InChI is InChI=1S/C20H29N3O5/c1-7-28-17(25)15-12(4)16(21-13(15)5)14(24)10-23-18(26)20(6,22-19(23)27)9-8-11(2)3/h11,21H,7-10H2,1-6H3,(H,22,27)/t20-/m0/s1. The summed E-state index contributed by atoms with van der Waals surface area (Å²) in [5.74, 6) is -0.960. The van der Waals surface area contributed by atoms with Crippen LogP contribution in [0.3, 0.4) is 0 Å². The van der Waals surface area contributed by atoms with Crippen LogP contribution in [0.2, 0.25) is 0 Å². The molecule has 0 spiro atoms. The van der Waals surface area contributed by atoms with Crippen molar-refractivity contribution in [2.45, 2.75) is 59.9 Å². The molecule has 154 valence electrons. The molecule has 1 aliphatic rings. The molecule has 28 heavy (non-hydrogen) atoms. The molecule has 0 aliphatic carbocycles. The fraction of sp³-hybridized carbons (Fsp3) is 0.600. The lowest BCUT2D eigenvalue weighted by Crippen LogP contribution is -2.44. The summed E-state index contributed by atoms with van der Waals surface area (Å²) < 4.78 is 5.02. The summed E-state index contributed by atoms with van der Waals surface area (Å²) in [6.07, 6.45) is 1.29. The van der Waals surface area contributed by atoms with Crippen molar-refractivity contribution < 1.29 is 23.9 Å². The molecule has 1 aliphatic heterocycles.